The van der Waals surface area contributed by atoms with Gasteiger partial charge in [-0.15, -0.1) is 0 Å². The number of nitrogens with zero attached hydrogens (tertiary/aromatic N) is 1. The first-order valence-electron chi connectivity index (χ1n) is 4.88. The average molecular weight is 217 g/mol. The maximum atomic E-state index is 11.3. The minimum Gasteiger partial charge on any atom is -0.312 e. The summed E-state index contributed by atoms with van der Waals surface area (Å²) >= 11 is 0. The highest BCUT2D eigenvalue weighted by molar-refractivity contribution is 6.18. The molecule has 0 spiro atoms. The summed E-state index contributed by atoms with van der Waals surface area (Å²) in [6.45, 7) is 0. The van der Waals surface area contributed by atoms with E-state index >= 15 is 0 Å². The number of hydrogen-bond acceptors (Lipinski definition) is 3. The number of carbonyl (C=O) groups excluding carboxylic acids is 2. The Bertz CT molecular complexity index is 454. The predicted octanol–water partition coefficient (Wildman–Crippen LogP) is -0.389. The third kappa shape index (κ3) is 2.14. The number of nitrogens with one attached hydrogen (secondary N) is 1. The Kier molecular flexibility index (Phi) is 2.78. The number of amides is 2. The molecule has 5 heteroatoms. The third-order valence-electron chi connectivity index (χ3n) is 2.28. The maximum Gasteiger partial charge on any atom is 0.273 e. The fourth-order valence-electron chi connectivity index (χ4n) is 1.44. The van der Waals surface area contributed by atoms with E-state index in [1.54, 1.807) is 0 Å². The van der Waals surface area contributed by atoms with Gasteiger partial charge in [0.1, 0.15) is 5.84 Å². The van der Waals surface area contributed by atoms with Crippen LogP contribution in [0.1, 0.15) is 5.56 Å². The number of rotatable bonds is 2. The smallest absolute Gasteiger partial charge is 0.273 e. The van der Waals surface area contributed by atoms with E-state index in [1.807, 2.05) is 30.3 Å². The second-order valence-electron chi connectivity index (χ2n) is 3.53. The highest BCUT2D eigenvalue weighted by atomic mass is 16.2. The number of amidine groups is 1. The van der Waals surface area contributed by atoms with Crippen LogP contribution in [0, 0.1) is 0 Å². The molecule has 0 saturated carbocycles. The van der Waals surface area contributed by atoms with Gasteiger partial charge in [0, 0.05) is 6.42 Å². The number of nitrogens with two attached hydrogens (primary N) is 1. The molecule has 1 atom stereocenters. The highest BCUT2D eigenvalue weighted by Crippen LogP contribution is 2.03. The van der Waals surface area contributed by atoms with Crippen molar-refractivity contribution in [2.45, 2.75) is 12.5 Å². The van der Waals surface area contributed by atoms with Crippen LogP contribution in [0.25, 0.3) is 0 Å². The lowest BCUT2D eigenvalue weighted by atomic mass is 10.1. The summed E-state index contributed by atoms with van der Waals surface area (Å²) in [5.41, 5.74) is 6.29. The first-order valence-corrected chi connectivity index (χ1v) is 4.88. The Morgan fingerprint density at radius 2 is 1.94 bits per heavy atom. The molecule has 0 fully saturated rings. The van der Waals surface area contributed by atoms with Gasteiger partial charge in [-0.1, -0.05) is 30.3 Å². The monoisotopic (exact) mass is 217 g/mol. The first kappa shape index (κ1) is 10.5. The minimum absolute atomic E-state index is 0.350. The Hall–Kier alpha value is -2.01. The average Bonchev–Trinajstić information content (AvgIpc) is 2.27. The van der Waals surface area contributed by atoms with Crippen LogP contribution in [0.5, 0.6) is 0 Å². The first-order chi connectivity index (χ1) is 7.66. The van der Waals surface area contributed by atoms with E-state index < -0.39 is 17.9 Å². The Morgan fingerprint density at radius 1 is 1.25 bits per heavy atom. The zero-order valence-corrected chi connectivity index (χ0v) is 8.51. The Balaban J connectivity index is 2.15. The van der Waals surface area contributed by atoms with Gasteiger partial charge in [-0.2, -0.15) is 4.99 Å². The molecule has 0 saturated heterocycles. The fraction of sp³-hybridized carbons (Fsp3) is 0.182. The summed E-state index contributed by atoms with van der Waals surface area (Å²) in [4.78, 5) is 26.2. The van der Waals surface area contributed by atoms with Crippen molar-refractivity contribution in [3.05, 3.63) is 35.9 Å². The molecule has 5 nitrogen and oxygen atoms in total. The van der Waals surface area contributed by atoms with Gasteiger partial charge in [-0.05, 0) is 5.56 Å². The molecule has 1 aromatic carbocycles. The number of aliphatic imine (C=N–C) groups is 1. The van der Waals surface area contributed by atoms with E-state index in [2.05, 4.69) is 10.3 Å². The molecule has 1 aromatic rings. The molecule has 3 N–H and O–H groups in total. The van der Waals surface area contributed by atoms with Gasteiger partial charge in [0.15, 0.2) is 6.04 Å². The van der Waals surface area contributed by atoms with Crippen LogP contribution in [0.2, 0.25) is 0 Å². The van der Waals surface area contributed by atoms with Crippen LogP contribution in [0.3, 0.4) is 0 Å². The lowest BCUT2D eigenvalue weighted by molar-refractivity contribution is -0.129. The minimum atomic E-state index is -1.17. The van der Waals surface area contributed by atoms with Gasteiger partial charge in [0.05, 0.1) is 0 Å². The summed E-state index contributed by atoms with van der Waals surface area (Å²) in [7, 11) is 0. The van der Waals surface area contributed by atoms with Crippen molar-refractivity contribution < 1.29 is 9.59 Å². The van der Waals surface area contributed by atoms with E-state index in [-0.39, 0.29) is 0 Å². The van der Waals surface area contributed by atoms with E-state index in [1.165, 1.54) is 0 Å². The normalized spacial score (nSPS) is 20.3. The quantitative estimate of drug-likeness (QED) is 0.662. The molecular weight excluding hydrogens is 206 g/mol. The van der Waals surface area contributed by atoms with Crippen molar-refractivity contribution in [3.63, 3.8) is 0 Å². The van der Waals surface area contributed by atoms with Crippen LogP contribution in [-0.4, -0.2) is 23.7 Å². The van der Waals surface area contributed by atoms with Crippen LogP contribution in [-0.2, 0) is 16.0 Å². The van der Waals surface area contributed by atoms with Gasteiger partial charge < -0.3 is 11.1 Å². The molecule has 0 aromatic heterocycles. The lowest BCUT2D eigenvalue weighted by Gasteiger charge is -2.16. The zero-order chi connectivity index (χ0) is 11.5. The number of benzene rings is 1. The Labute approximate surface area is 92.4 Å². The summed E-state index contributed by atoms with van der Waals surface area (Å²) in [5, 5.41) is 2.51. The van der Waals surface area contributed by atoms with Crippen LogP contribution in [0.15, 0.2) is 35.3 Å². The van der Waals surface area contributed by atoms with E-state index in [4.69, 9.17) is 5.73 Å². The van der Waals surface area contributed by atoms with Crippen LogP contribution < -0.4 is 11.1 Å². The Morgan fingerprint density at radius 3 is 2.56 bits per heavy atom. The molecule has 1 heterocycles. The van der Waals surface area contributed by atoms with Gasteiger partial charge in [0.2, 0.25) is 0 Å². The van der Waals surface area contributed by atoms with E-state index in [0.29, 0.717) is 12.3 Å². The SMILES string of the molecule is NC1C(=O)N=C(Cc2ccccc2)NC1=O. The molecule has 1 aliphatic heterocycles. The standard InChI is InChI=1S/C11H11N3O2/c12-9-10(15)13-8(14-11(9)16)6-7-4-2-1-3-5-7/h1-5,9H,6,12H2,(H,13,14,15,16). The highest BCUT2D eigenvalue weighted by Gasteiger charge is 2.27. The topological polar surface area (TPSA) is 84.6 Å². The lowest BCUT2D eigenvalue weighted by Crippen LogP contribution is -2.52. The zero-order valence-electron chi connectivity index (χ0n) is 8.51. The maximum absolute atomic E-state index is 11.3. The van der Waals surface area contributed by atoms with Crippen molar-refractivity contribution >= 4 is 17.6 Å². The van der Waals surface area contributed by atoms with Crippen molar-refractivity contribution in [1.29, 1.82) is 0 Å². The molecule has 16 heavy (non-hydrogen) atoms. The molecule has 0 radical (unpaired) electrons. The fourth-order valence-corrected chi connectivity index (χ4v) is 1.44. The van der Waals surface area contributed by atoms with Crippen molar-refractivity contribution in [3.8, 4) is 0 Å². The van der Waals surface area contributed by atoms with Crippen LogP contribution >= 0.6 is 0 Å². The molecule has 1 unspecified atom stereocenters. The van der Waals surface area contributed by atoms with E-state index in [0.717, 1.165) is 5.56 Å². The van der Waals surface area contributed by atoms with Gasteiger partial charge in [-0.3, -0.25) is 9.59 Å². The second kappa shape index (κ2) is 4.24. The van der Waals surface area contributed by atoms with Crippen molar-refractivity contribution in [2.24, 2.45) is 10.7 Å². The predicted molar refractivity (Wildman–Crippen MR) is 58.7 cm³/mol. The number of hydrogen-bond donors (Lipinski definition) is 2. The van der Waals surface area contributed by atoms with Gasteiger partial charge in [-0.25, -0.2) is 0 Å². The molecule has 2 amide bonds. The van der Waals surface area contributed by atoms with Crippen LogP contribution in [0.4, 0.5) is 0 Å². The van der Waals surface area contributed by atoms with Crippen molar-refractivity contribution in [2.75, 3.05) is 0 Å². The molecule has 0 bridgehead atoms. The third-order valence-corrected chi connectivity index (χ3v) is 2.28. The second-order valence-corrected chi connectivity index (χ2v) is 3.53. The van der Waals surface area contributed by atoms with Gasteiger partial charge in [0.25, 0.3) is 11.8 Å². The summed E-state index contributed by atoms with van der Waals surface area (Å²) in [6, 6.07) is 8.29. The van der Waals surface area contributed by atoms with E-state index in [9.17, 15) is 9.59 Å². The number of carbonyl (C=O) groups is 2. The molecule has 2 rings (SSSR count). The molecule has 0 aliphatic carbocycles. The molecule has 82 valence electrons. The summed E-state index contributed by atoms with van der Waals surface area (Å²) in [5.74, 6) is -0.733. The summed E-state index contributed by atoms with van der Waals surface area (Å²) < 4.78 is 0. The summed E-state index contributed by atoms with van der Waals surface area (Å²) in [6.07, 6.45) is 0.422. The molecule has 1 aliphatic rings. The largest absolute Gasteiger partial charge is 0.312 e. The van der Waals surface area contributed by atoms with Crippen molar-refractivity contribution in [1.82, 2.24) is 5.32 Å². The molecular formula is C11H11N3O2. The van der Waals surface area contributed by atoms with Gasteiger partial charge >= 0.3 is 0 Å².